The Morgan fingerprint density at radius 3 is 2.95 bits per heavy atom. The van der Waals surface area contributed by atoms with Crippen LogP contribution in [-0.4, -0.2) is 12.6 Å². The molecule has 0 aromatic carbocycles. The molecule has 0 spiro atoms. The number of hydrogen-bond acceptors (Lipinski definition) is 2. The van der Waals surface area contributed by atoms with Gasteiger partial charge >= 0.3 is 0 Å². The van der Waals surface area contributed by atoms with Crippen molar-refractivity contribution in [3.8, 4) is 0 Å². The molecule has 2 bridgehead atoms. The molecule has 106 valence electrons. The summed E-state index contributed by atoms with van der Waals surface area (Å²) in [5.41, 5.74) is 1.53. The molecule has 2 aliphatic carbocycles. The second kappa shape index (κ2) is 6.41. The van der Waals surface area contributed by atoms with E-state index in [1.54, 1.807) is 6.42 Å². The highest BCUT2D eigenvalue weighted by Crippen LogP contribution is 2.50. The zero-order valence-electron chi connectivity index (χ0n) is 12.1. The van der Waals surface area contributed by atoms with Crippen LogP contribution in [0.15, 0.2) is 16.8 Å². The fourth-order valence-electron chi connectivity index (χ4n) is 4.31. The number of fused-ring (bicyclic) bond motifs is 2. The highest BCUT2D eigenvalue weighted by atomic mass is 32.1. The number of nitrogens with one attached hydrogen (secondary N) is 1. The third-order valence-corrected chi connectivity index (χ3v) is 5.95. The van der Waals surface area contributed by atoms with Gasteiger partial charge in [-0.1, -0.05) is 13.3 Å². The van der Waals surface area contributed by atoms with E-state index < -0.39 is 0 Å². The van der Waals surface area contributed by atoms with Crippen LogP contribution in [-0.2, 0) is 6.42 Å². The van der Waals surface area contributed by atoms with Crippen molar-refractivity contribution in [1.82, 2.24) is 5.32 Å². The van der Waals surface area contributed by atoms with Crippen LogP contribution in [0.2, 0.25) is 0 Å². The first-order chi connectivity index (χ1) is 9.35. The Labute approximate surface area is 121 Å². The van der Waals surface area contributed by atoms with Gasteiger partial charge in [0.15, 0.2) is 0 Å². The molecule has 19 heavy (non-hydrogen) atoms. The predicted molar refractivity (Wildman–Crippen MR) is 83.7 cm³/mol. The second-order valence-corrected chi connectivity index (χ2v) is 7.44. The highest BCUT2D eigenvalue weighted by Gasteiger charge is 2.39. The maximum absolute atomic E-state index is 3.80. The van der Waals surface area contributed by atoms with Gasteiger partial charge < -0.3 is 5.32 Å². The summed E-state index contributed by atoms with van der Waals surface area (Å²) >= 11 is 1.83. The molecule has 3 rings (SSSR count). The molecule has 2 saturated carbocycles. The van der Waals surface area contributed by atoms with Crippen molar-refractivity contribution in [3.05, 3.63) is 22.4 Å². The SMILES string of the molecule is CCCNC(Cc1ccsc1)CC1CC2CCC1C2. The molecule has 2 fully saturated rings. The number of rotatable bonds is 7. The molecular weight excluding hydrogens is 250 g/mol. The molecule has 1 N–H and O–H groups in total. The lowest BCUT2D eigenvalue weighted by atomic mass is 9.83. The van der Waals surface area contributed by atoms with E-state index in [4.69, 9.17) is 0 Å². The lowest BCUT2D eigenvalue weighted by Gasteiger charge is -2.27. The van der Waals surface area contributed by atoms with Gasteiger partial charge in [-0.25, -0.2) is 0 Å². The van der Waals surface area contributed by atoms with Gasteiger partial charge in [0.2, 0.25) is 0 Å². The van der Waals surface area contributed by atoms with Gasteiger partial charge in [0, 0.05) is 6.04 Å². The average Bonchev–Trinajstić information content (AvgIpc) is 3.12. The van der Waals surface area contributed by atoms with Crippen LogP contribution < -0.4 is 5.32 Å². The highest BCUT2D eigenvalue weighted by molar-refractivity contribution is 7.07. The summed E-state index contributed by atoms with van der Waals surface area (Å²) in [5, 5.41) is 8.33. The largest absolute Gasteiger partial charge is 0.314 e. The smallest absolute Gasteiger partial charge is 0.0110 e. The molecular formula is C17H27NS. The minimum atomic E-state index is 0.707. The van der Waals surface area contributed by atoms with E-state index in [1.165, 1.54) is 50.6 Å². The molecule has 0 amide bonds. The van der Waals surface area contributed by atoms with Crippen LogP contribution >= 0.6 is 11.3 Å². The fourth-order valence-corrected chi connectivity index (χ4v) is 4.99. The minimum Gasteiger partial charge on any atom is -0.314 e. The number of thiophene rings is 1. The molecule has 0 radical (unpaired) electrons. The molecule has 1 aromatic heterocycles. The van der Waals surface area contributed by atoms with Crippen molar-refractivity contribution >= 4 is 11.3 Å². The zero-order chi connectivity index (χ0) is 13.1. The maximum atomic E-state index is 3.80. The van der Waals surface area contributed by atoms with Crippen LogP contribution in [0.1, 0.15) is 51.0 Å². The monoisotopic (exact) mass is 277 g/mol. The fraction of sp³-hybridized carbons (Fsp3) is 0.765. The Morgan fingerprint density at radius 2 is 2.32 bits per heavy atom. The van der Waals surface area contributed by atoms with Crippen molar-refractivity contribution in [1.29, 1.82) is 0 Å². The second-order valence-electron chi connectivity index (χ2n) is 6.66. The van der Waals surface area contributed by atoms with Crippen LogP contribution in [0.25, 0.3) is 0 Å². The minimum absolute atomic E-state index is 0.707. The van der Waals surface area contributed by atoms with Gasteiger partial charge in [0.1, 0.15) is 0 Å². The van der Waals surface area contributed by atoms with E-state index >= 15 is 0 Å². The third kappa shape index (κ3) is 3.41. The average molecular weight is 277 g/mol. The summed E-state index contributed by atoms with van der Waals surface area (Å²) in [4.78, 5) is 0. The maximum Gasteiger partial charge on any atom is 0.0110 e. The summed E-state index contributed by atoms with van der Waals surface area (Å²) < 4.78 is 0. The summed E-state index contributed by atoms with van der Waals surface area (Å²) in [6.07, 6.45) is 10.0. The van der Waals surface area contributed by atoms with Crippen molar-refractivity contribution in [2.45, 2.75) is 57.9 Å². The Kier molecular flexibility index (Phi) is 4.60. The van der Waals surface area contributed by atoms with Gasteiger partial charge in [-0.05, 0) is 85.2 Å². The van der Waals surface area contributed by atoms with Gasteiger partial charge in [-0.3, -0.25) is 0 Å². The molecule has 1 aromatic rings. The first-order valence-corrected chi connectivity index (χ1v) is 9.04. The van der Waals surface area contributed by atoms with E-state index in [0.29, 0.717) is 6.04 Å². The third-order valence-electron chi connectivity index (χ3n) is 5.22. The molecule has 0 aliphatic heterocycles. The van der Waals surface area contributed by atoms with E-state index in [9.17, 15) is 0 Å². The molecule has 4 atom stereocenters. The summed E-state index contributed by atoms with van der Waals surface area (Å²) in [6.45, 7) is 3.45. The van der Waals surface area contributed by atoms with Crippen LogP contribution in [0, 0.1) is 17.8 Å². The molecule has 1 nitrogen and oxygen atoms in total. The lowest BCUT2D eigenvalue weighted by molar-refractivity contribution is 0.276. The molecule has 1 heterocycles. The van der Waals surface area contributed by atoms with E-state index in [1.807, 2.05) is 11.3 Å². The standard InChI is InChI=1S/C17H27NS/c1-2-6-18-17(10-14-5-7-19-12-14)11-16-9-13-3-4-15(16)8-13/h5,7,12-13,15-18H,2-4,6,8-11H2,1H3. The quantitative estimate of drug-likeness (QED) is 0.774. The summed E-state index contributed by atoms with van der Waals surface area (Å²) in [5.74, 6) is 3.17. The van der Waals surface area contributed by atoms with E-state index in [0.717, 1.165) is 17.8 Å². The summed E-state index contributed by atoms with van der Waals surface area (Å²) in [7, 11) is 0. The predicted octanol–water partition coefficient (Wildman–Crippen LogP) is 4.49. The summed E-state index contributed by atoms with van der Waals surface area (Å²) in [6, 6.07) is 3.01. The molecule has 0 saturated heterocycles. The van der Waals surface area contributed by atoms with Crippen LogP contribution in [0.3, 0.4) is 0 Å². The lowest BCUT2D eigenvalue weighted by Crippen LogP contribution is -2.34. The van der Waals surface area contributed by atoms with Crippen LogP contribution in [0.4, 0.5) is 0 Å². The topological polar surface area (TPSA) is 12.0 Å². The van der Waals surface area contributed by atoms with Crippen LogP contribution in [0.5, 0.6) is 0 Å². The Morgan fingerprint density at radius 1 is 1.37 bits per heavy atom. The van der Waals surface area contributed by atoms with Gasteiger partial charge in [-0.2, -0.15) is 11.3 Å². The van der Waals surface area contributed by atoms with Gasteiger partial charge in [0.05, 0.1) is 0 Å². The normalized spacial score (nSPS) is 30.9. The van der Waals surface area contributed by atoms with Crippen molar-refractivity contribution in [3.63, 3.8) is 0 Å². The van der Waals surface area contributed by atoms with Gasteiger partial charge in [0.25, 0.3) is 0 Å². The Bertz CT molecular complexity index is 373. The van der Waals surface area contributed by atoms with E-state index in [2.05, 4.69) is 29.1 Å². The Balaban J connectivity index is 1.55. The van der Waals surface area contributed by atoms with Crippen molar-refractivity contribution in [2.75, 3.05) is 6.54 Å². The van der Waals surface area contributed by atoms with Crippen molar-refractivity contribution in [2.24, 2.45) is 17.8 Å². The first-order valence-electron chi connectivity index (χ1n) is 8.09. The van der Waals surface area contributed by atoms with Crippen molar-refractivity contribution < 1.29 is 0 Å². The zero-order valence-corrected chi connectivity index (χ0v) is 12.9. The van der Waals surface area contributed by atoms with E-state index in [-0.39, 0.29) is 0 Å². The molecule has 2 heteroatoms. The number of hydrogen-bond donors (Lipinski definition) is 1. The van der Waals surface area contributed by atoms with Gasteiger partial charge in [-0.15, -0.1) is 0 Å². The first kappa shape index (κ1) is 13.6. The Hall–Kier alpha value is -0.340. The molecule has 4 unspecified atom stereocenters. The molecule has 2 aliphatic rings.